The summed E-state index contributed by atoms with van der Waals surface area (Å²) in [5.74, 6) is 0. The molecule has 0 aromatic rings. The van der Waals surface area contributed by atoms with Crippen LogP contribution < -0.4 is 0 Å². The maximum atomic E-state index is 3.53. The minimum absolute atomic E-state index is 1.58. The average Bonchev–Trinajstić information content (AvgIpc) is 1.86. The fourth-order valence-corrected chi connectivity index (χ4v) is 0.232. The van der Waals surface area contributed by atoms with E-state index in [2.05, 4.69) is 16.5 Å². The molecule has 0 atom stereocenters. The van der Waals surface area contributed by atoms with Crippen LogP contribution in [0.15, 0.2) is 16.5 Å². The number of hydrogen-bond donors (Lipinski definition) is 0. The molecule has 0 aromatic carbocycles. The molecule has 6 heavy (non-hydrogen) atoms. The number of hydrogen-bond acceptors (Lipinski definition) is 3. The molecule has 0 saturated heterocycles. The molecule has 3 heteroatoms. The largest absolute Gasteiger partial charge is 0.445 e. The zero-order valence-corrected chi connectivity index (χ0v) is 3.42. The van der Waals surface area contributed by atoms with Gasteiger partial charge in [0.25, 0.3) is 0 Å². The second kappa shape index (κ2) is 1.03. The molecule has 0 saturated carbocycles. The van der Waals surface area contributed by atoms with Crippen molar-refractivity contribution in [3.8, 4) is 0 Å². The van der Waals surface area contributed by atoms with Crippen LogP contribution in [-0.4, -0.2) is 12.1 Å². The first-order valence-electron chi connectivity index (χ1n) is 1.62. The van der Waals surface area contributed by atoms with E-state index in [0.717, 1.165) is 0 Å². The van der Waals surface area contributed by atoms with Crippen LogP contribution in [0.1, 0.15) is 0 Å². The smallest absolute Gasteiger partial charge is 0.204 e. The highest BCUT2D eigenvalue weighted by Gasteiger charge is 2.02. The average molecular weight is 82.1 g/mol. The summed E-state index contributed by atoms with van der Waals surface area (Å²) < 4.78 is 0. The third kappa shape index (κ3) is 0.350. The van der Waals surface area contributed by atoms with Gasteiger partial charge < -0.3 is 0 Å². The van der Waals surface area contributed by atoms with E-state index in [1.165, 1.54) is 0 Å². The molecule has 0 bridgehead atoms. The summed E-state index contributed by atoms with van der Waals surface area (Å²) in [5.41, 5.74) is 0. The molecule has 3 nitrogen and oxygen atoms in total. The van der Waals surface area contributed by atoms with Gasteiger partial charge in [0.2, 0.25) is 0 Å². The quantitative estimate of drug-likeness (QED) is 0.393. The van der Waals surface area contributed by atoms with Crippen molar-refractivity contribution < 1.29 is 0 Å². The summed E-state index contributed by atoms with van der Waals surface area (Å²) >= 11 is 0. The van der Waals surface area contributed by atoms with Crippen molar-refractivity contribution in [3.05, 3.63) is 12.4 Å². The second-order valence-electron chi connectivity index (χ2n) is 1.02. The van der Waals surface area contributed by atoms with Gasteiger partial charge in [-0.1, -0.05) is 0 Å². The van der Waals surface area contributed by atoms with E-state index in [9.17, 15) is 0 Å². The van der Waals surface area contributed by atoms with Crippen LogP contribution in [-0.2, 0) is 0 Å². The zero-order valence-electron chi connectivity index (χ0n) is 3.42. The molecule has 0 aromatic heterocycles. The molecule has 0 aliphatic carbocycles. The maximum absolute atomic E-state index is 3.53. The normalized spacial score (nSPS) is 15.8. The Morgan fingerprint density at radius 2 is 2.67 bits per heavy atom. The highest BCUT2D eigenvalue weighted by molar-refractivity contribution is 4.70. The van der Waals surface area contributed by atoms with Gasteiger partial charge in [-0.25, -0.2) is 5.01 Å². The topological polar surface area (TPSA) is 28.0 Å². The molecular weight excluding hydrogens is 78.1 g/mol. The first-order valence-corrected chi connectivity index (χ1v) is 1.62. The van der Waals surface area contributed by atoms with Crippen LogP contribution >= 0.6 is 0 Å². The molecule has 0 fully saturated rings. The lowest BCUT2D eigenvalue weighted by molar-refractivity contribution is 0.480. The Morgan fingerprint density at radius 1 is 1.83 bits per heavy atom. The Balaban J connectivity index is 2.60. The van der Waals surface area contributed by atoms with Crippen LogP contribution in [0.4, 0.5) is 0 Å². The van der Waals surface area contributed by atoms with Gasteiger partial charge in [-0.3, -0.25) is 0 Å². The van der Waals surface area contributed by atoms with Gasteiger partial charge in [0.1, 0.15) is 5.11 Å². The molecule has 0 radical (unpaired) electrons. The molecule has 1 rings (SSSR count). The first kappa shape index (κ1) is 3.25. The van der Waals surface area contributed by atoms with Crippen LogP contribution in [0.5, 0.6) is 0 Å². The van der Waals surface area contributed by atoms with Crippen molar-refractivity contribution >= 4 is 0 Å². The van der Waals surface area contributed by atoms with E-state index in [4.69, 9.17) is 0 Å². The lowest BCUT2D eigenvalue weighted by Crippen LogP contribution is -1.93. The van der Waals surface area contributed by atoms with Crippen LogP contribution in [0.3, 0.4) is 0 Å². The van der Waals surface area contributed by atoms with Gasteiger partial charge in [0.15, 0.2) is 0 Å². The predicted molar refractivity (Wildman–Crippen MR) is 20.4 cm³/mol. The molecule has 0 spiro atoms. The van der Waals surface area contributed by atoms with Crippen molar-refractivity contribution in [3.63, 3.8) is 0 Å². The minimum atomic E-state index is 1.58. The van der Waals surface area contributed by atoms with Gasteiger partial charge in [0, 0.05) is 7.05 Å². The summed E-state index contributed by atoms with van der Waals surface area (Å²) in [4.78, 5) is 0. The summed E-state index contributed by atoms with van der Waals surface area (Å²) in [6.07, 6.45) is 4.18. The van der Waals surface area contributed by atoms with Crippen molar-refractivity contribution in [1.29, 1.82) is 0 Å². The fraction of sp³-hybridized carbons (Fsp3) is 0.333. The third-order valence-electron chi connectivity index (χ3n) is 0.488. The number of nitrogens with zero attached hydrogens (tertiary/aromatic N) is 3. The van der Waals surface area contributed by atoms with Gasteiger partial charge in [0.05, 0.1) is 0 Å². The summed E-state index contributed by atoms with van der Waals surface area (Å²) in [6.45, 7) is 0. The first-order chi connectivity index (χ1) is 2.89. The summed E-state index contributed by atoms with van der Waals surface area (Å²) in [5, 5.41) is 8.52. The second-order valence-corrected chi connectivity index (χ2v) is 1.02. The predicted octanol–water partition coefficient (Wildman–Crippen LogP) is 0.573. The molecular formula is C3H4N3+. The molecule has 1 aliphatic heterocycles. The van der Waals surface area contributed by atoms with Crippen LogP contribution in [0.2, 0.25) is 0 Å². The van der Waals surface area contributed by atoms with E-state index < -0.39 is 0 Å². The monoisotopic (exact) mass is 82.0 g/mol. The highest BCUT2D eigenvalue weighted by Crippen LogP contribution is 1.93. The van der Waals surface area contributed by atoms with E-state index in [0.29, 0.717) is 0 Å². The van der Waals surface area contributed by atoms with Crippen LogP contribution in [0, 0.1) is 6.20 Å². The number of rotatable bonds is 0. The molecule has 0 unspecified atom stereocenters. The van der Waals surface area contributed by atoms with Crippen molar-refractivity contribution in [2.75, 3.05) is 7.05 Å². The van der Waals surface area contributed by atoms with Crippen molar-refractivity contribution in [2.24, 2.45) is 10.3 Å². The lowest BCUT2D eigenvalue weighted by Gasteiger charge is -1.84. The van der Waals surface area contributed by atoms with Gasteiger partial charge >= 0.3 is 12.4 Å². The van der Waals surface area contributed by atoms with Gasteiger partial charge in [-0.2, -0.15) is 0 Å². The van der Waals surface area contributed by atoms with E-state index in [-0.39, 0.29) is 0 Å². The van der Waals surface area contributed by atoms with Crippen molar-refractivity contribution in [1.82, 2.24) is 5.01 Å². The maximum Gasteiger partial charge on any atom is 0.445 e. The SMILES string of the molecule is CN1C=[C+]N=N1. The summed E-state index contributed by atoms with van der Waals surface area (Å²) in [6, 6.07) is 0. The third-order valence-corrected chi connectivity index (χ3v) is 0.488. The molecule has 0 N–H and O–H groups in total. The van der Waals surface area contributed by atoms with Gasteiger partial charge in [-0.15, -0.1) is 0 Å². The minimum Gasteiger partial charge on any atom is -0.204 e. The molecule has 0 amide bonds. The lowest BCUT2D eigenvalue weighted by atomic mass is 10.9. The Kier molecular flexibility index (Phi) is 0.557. The highest BCUT2D eigenvalue weighted by atomic mass is 15.5. The Hall–Kier alpha value is -0.950. The molecule has 1 heterocycles. The van der Waals surface area contributed by atoms with E-state index in [1.807, 2.05) is 0 Å². The Bertz CT molecular complexity index is 82.2. The summed E-state index contributed by atoms with van der Waals surface area (Å²) in [7, 11) is 1.80. The fourth-order valence-electron chi connectivity index (χ4n) is 0.232. The Morgan fingerprint density at radius 3 is 2.83 bits per heavy atom. The molecule has 30 valence electrons. The van der Waals surface area contributed by atoms with E-state index in [1.54, 1.807) is 18.3 Å². The van der Waals surface area contributed by atoms with E-state index >= 15 is 0 Å². The van der Waals surface area contributed by atoms with Gasteiger partial charge in [-0.05, 0) is 5.22 Å². The Labute approximate surface area is 36.0 Å². The molecule has 1 aliphatic rings. The zero-order chi connectivity index (χ0) is 4.41. The standard InChI is InChI=1S/C3H4N3/c1-6-3-2-4-5-6/h3H,1H3/q+1. The van der Waals surface area contributed by atoms with Crippen LogP contribution in [0.25, 0.3) is 0 Å². The van der Waals surface area contributed by atoms with Crippen molar-refractivity contribution in [2.45, 2.75) is 0 Å².